The van der Waals surface area contributed by atoms with Crippen molar-refractivity contribution in [3.63, 3.8) is 0 Å². The molecule has 0 N–H and O–H groups in total. The summed E-state index contributed by atoms with van der Waals surface area (Å²) in [6, 6.07) is -0.736. The van der Waals surface area contributed by atoms with Gasteiger partial charge in [-0.15, -0.1) is 0 Å². The molecule has 0 saturated heterocycles. The van der Waals surface area contributed by atoms with E-state index in [0.29, 0.717) is 12.8 Å². The van der Waals surface area contributed by atoms with Gasteiger partial charge in [0.05, 0.1) is 40.3 Å². The van der Waals surface area contributed by atoms with Crippen LogP contribution in [0.25, 0.3) is 0 Å². The van der Waals surface area contributed by atoms with E-state index in [1.165, 1.54) is 77.0 Å². The Morgan fingerprint density at radius 3 is 1.42 bits per heavy atom. The van der Waals surface area contributed by atoms with Gasteiger partial charge < -0.3 is 28.6 Å². The lowest BCUT2D eigenvalue weighted by Gasteiger charge is -2.34. The van der Waals surface area contributed by atoms with Gasteiger partial charge in [0.1, 0.15) is 12.6 Å². The maximum absolute atomic E-state index is 12.7. The number of likely N-dealkylation sites (N-methyl/N-ethyl adjacent to an activating group) is 1. The van der Waals surface area contributed by atoms with Gasteiger partial charge in [0.15, 0.2) is 6.10 Å². The molecule has 2 unspecified atom stereocenters. The third-order valence-electron chi connectivity index (χ3n) is 10.3. The van der Waals surface area contributed by atoms with Crippen LogP contribution in [0.3, 0.4) is 0 Å². The van der Waals surface area contributed by atoms with Gasteiger partial charge in [0.25, 0.3) is 0 Å². The van der Waals surface area contributed by atoms with Gasteiger partial charge in [-0.05, 0) is 83.5 Å². The molecule has 0 aromatic heterocycles. The fraction of sp³-hybridized carbons (Fsp3) is 0.712. The molecule has 2 atom stereocenters. The number of quaternary nitrogens is 1. The first kappa shape index (κ1) is 56.8. The fourth-order valence-corrected chi connectivity index (χ4v) is 6.62. The number of hydrogen-bond acceptors (Lipinski definition) is 7. The van der Waals surface area contributed by atoms with Crippen molar-refractivity contribution in [1.82, 2.24) is 0 Å². The number of rotatable bonds is 42. The molecular formula is C52H89NO7. The summed E-state index contributed by atoms with van der Waals surface area (Å²) in [5.41, 5.74) is 0. The average molecular weight is 840 g/mol. The van der Waals surface area contributed by atoms with Crippen molar-refractivity contribution in [3.8, 4) is 0 Å². The van der Waals surface area contributed by atoms with Crippen LogP contribution < -0.4 is 5.11 Å². The summed E-state index contributed by atoms with van der Waals surface area (Å²) in [6.07, 6.45) is 53.5. The zero-order valence-electron chi connectivity index (χ0n) is 39.1. The number of allylic oxidation sites excluding steroid dienone is 12. The van der Waals surface area contributed by atoms with Crippen molar-refractivity contribution in [2.75, 3.05) is 41.0 Å². The number of hydrogen-bond donors (Lipinski definition) is 0. The molecule has 0 aliphatic heterocycles. The standard InChI is InChI=1S/C52H89NO7/c1-6-8-10-12-14-16-18-20-22-24-25-27-29-31-33-35-37-39-41-43-51(55)60-48(46-58-45-44-49(52(56)57)53(3,4)5)47-59-50(54)42-40-38-36-34-32-30-28-26-23-21-19-17-15-13-11-9-7-2/h8,10,14,16,20-23,25,27,31,33,48-49H,6-7,9,11-13,15,17-19,24,26,28-30,32,34-47H2,1-5H3/b10-8+,16-14+,22-20+,23-21+,27-25+,33-31+. The molecule has 0 radical (unpaired) electrons. The van der Waals surface area contributed by atoms with Gasteiger partial charge in [-0.25, -0.2) is 0 Å². The summed E-state index contributed by atoms with van der Waals surface area (Å²) in [5.74, 6) is -1.79. The quantitative estimate of drug-likeness (QED) is 0.0261. The molecule has 0 aliphatic rings. The third-order valence-corrected chi connectivity index (χ3v) is 10.3. The zero-order valence-corrected chi connectivity index (χ0v) is 39.1. The number of carboxylic acids is 1. The van der Waals surface area contributed by atoms with E-state index < -0.39 is 18.1 Å². The highest BCUT2D eigenvalue weighted by molar-refractivity contribution is 5.70. The maximum Gasteiger partial charge on any atom is 0.306 e. The van der Waals surface area contributed by atoms with Crippen molar-refractivity contribution >= 4 is 17.9 Å². The van der Waals surface area contributed by atoms with E-state index in [4.69, 9.17) is 14.2 Å². The predicted octanol–water partition coefficient (Wildman–Crippen LogP) is 12.2. The minimum atomic E-state index is -1.13. The number of carbonyl (C=O) groups is 3. The van der Waals surface area contributed by atoms with Crippen LogP contribution in [0, 0.1) is 0 Å². The third kappa shape index (κ3) is 40.2. The molecule has 0 rings (SSSR count). The highest BCUT2D eigenvalue weighted by Gasteiger charge is 2.25. The van der Waals surface area contributed by atoms with Crippen LogP contribution in [0.5, 0.6) is 0 Å². The molecule has 0 fully saturated rings. The van der Waals surface area contributed by atoms with E-state index in [-0.39, 0.29) is 49.1 Å². The number of ether oxygens (including phenoxy) is 3. The summed E-state index contributed by atoms with van der Waals surface area (Å²) in [5, 5.41) is 11.6. The largest absolute Gasteiger partial charge is 0.544 e. The Morgan fingerprint density at radius 2 is 0.933 bits per heavy atom. The molecule has 0 spiro atoms. The summed E-state index contributed by atoms with van der Waals surface area (Å²) in [7, 11) is 5.39. The Labute approximate surface area is 368 Å². The van der Waals surface area contributed by atoms with Crippen molar-refractivity contribution in [3.05, 3.63) is 72.9 Å². The lowest BCUT2D eigenvalue weighted by Crippen LogP contribution is -2.55. The number of unbranched alkanes of at least 4 members (excludes halogenated alkanes) is 16. The fourth-order valence-electron chi connectivity index (χ4n) is 6.62. The smallest absolute Gasteiger partial charge is 0.306 e. The second-order valence-electron chi connectivity index (χ2n) is 17.0. The summed E-state index contributed by atoms with van der Waals surface area (Å²) in [6.45, 7) is 4.50. The Balaban J connectivity index is 4.38. The highest BCUT2D eigenvalue weighted by atomic mass is 16.6. The number of nitrogens with zero attached hydrogens (tertiary/aromatic N) is 1. The Hall–Kier alpha value is -3.23. The van der Waals surface area contributed by atoms with E-state index in [9.17, 15) is 19.5 Å². The number of carboxylic acid groups (broad SMARTS) is 1. The molecule has 0 amide bonds. The second kappa shape index (κ2) is 42.5. The summed E-state index contributed by atoms with van der Waals surface area (Å²) in [4.78, 5) is 36.9. The minimum absolute atomic E-state index is 0.0227. The van der Waals surface area contributed by atoms with E-state index in [0.717, 1.165) is 70.6 Å². The van der Waals surface area contributed by atoms with Gasteiger partial charge in [0.2, 0.25) is 0 Å². The molecular weight excluding hydrogens is 751 g/mol. The van der Waals surface area contributed by atoms with E-state index in [1.807, 2.05) is 0 Å². The van der Waals surface area contributed by atoms with Crippen LogP contribution in [0.1, 0.15) is 187 Å². The van der Waals surface area contributed by atoms with Gasteiger partial charge in [-0.1, -0.05) is 157 Å². The SMILES string of the molecule is CC/C=C/C/C=C/C/C=C/C/C=C/C/C=C/CCCCCC(=O)OC(COCCC(C(=O)[O-])[N+](C)(C)C)COC(=O)CCCCCCCCC/C=C/CCCCCCCC. The molecule has 0 saturated carbocycles. The first-order valence-corrected chi connectivity index (χ1v) is 24.0. The van der Waals surface area contributed by atoms with Crippen molar-refractivity contribution in [2.24, 2.45) is 0 Å². The number of carbonyl (C=O) groups excluding carboxylic acids is 3. The summed E-state index contributed by atoms with van der Waals surface area (Å²) >= 11 is 0. The second-order valence-corrected chi connectivity index (χ2v) is 17.0. The van der Waals surface area contributed by atoms with Crippen LogP contribution in [0.4, 0.5) is 0 Å². The molecule has 8 heteroatoms. The number of aliphatic carboxylic acids is 1. The molecule has 0 heterocycles. The van der Waals surface area contributed by atoms with Crippen LogP contribution in [-0.2, 0) is 28.6 Å². The minimum Gasteiger partial charge on any atom is -0.544 e. The molecule has 0 aliphatic carbocycles. The lowest BCUT2D eigenvalue weighted by molar-refractivity contribution is -0.889. The lowest BCUT2D eigenvalue weighted by atomic mass is 10.1. The highest BCUT2D eigenvalue weighted by Crippen LogP contribution is 2.13. The molecule has 0 aromatic carbocycles. The van der Waals surface area contributed by atoms with Gasteiger partial charge in [0, 0.05) is 19.3 Å². The van der Waals surface area contributed by atoms with Crippen molar-refractivity contribution in [2.45, 2.75) is 199 Å². The molecule has 8 nitrogen and oxygen atoms in total. The van der Waals surface area contributed by atoms with Gasteiger partial charge >= 0.3 is 11.9 Å². The monoisotopic (exact) mass is 840 g/mol. The normalized spacial score (nSPS) is 13.6. The van der Waals surface area contributed by atoms with E-state index in [1.54, 1.807) is 21.1 Å². The van der Waals surface area contributed by atoms with Gasteiger partial charge in [-0.3, -0.25) is 9.59 Å². The predicted molar refractivity (Wildman–Crippen MR) is 249 cm³/mol. The van der Waals surface area contributed by atoms with Gasteiger partial charge in [-0.2, -0.15) is 0 Å². The molecule has 0 bridgehead atoms. The van der Waals surface area contributed by atoms with Crippen LogP contribution in [0.15, 0.2) is 72.9 Å². The van der Waals surface area contributed by atoms with Crippen molar-refractivity contribution in [1.29, 1.82) is 0 Å². The maximum atomic E-state index is 12.7. The Morgan fingerprint density at radius 1 is 0.517 bits per heavy atom. The van der Waals surface area contributed by atoms with Crippen LogP contribution in [0.2, 0.25) is 0 Å². The number of esters is 2. The average Bonchev–Trinajstić information content (AvgIpc) is 3.21. The van der Waals surface area contributed by atoms with E-state index in [2.05, 4.69) is 86.8 Å². The van der Waals surface area contributed by atoms with Crippen LogP contribution in [-0.4, -0.2) is 75.5 Å². The van der Waals surface area contributed by atoms with E-state index >= 15 is 0 Å². The Kier molecular flexibility index (Phi) is 40.2. The molecule has 0 aromatic rings. The first-order valence-electron chi connectivity index (χ1n) is 24.0. The molecule has 344 valence electrons. The van der Waals surface area contributed by atoms with Crippen molar-refractivity contribution < 1.29 is 38.2 Å². The van der Waals surface area contributed by atoms with Crippen LogP contribution >= 0.6 is 0 Å². The zero-order chi connectivity index (χ0) is 44.2. The molecule has 60 heavy (non-hydrogen) atoms. The summed E-state index contributed by atoms with van der Waals surface area (Å²) < 4.78 is 17.2. The first-order chi connectivity index (χ1) is 29.1. The topological polar surface area (TPSA) is 102 Å². The Bertz CT molecular complexity index is 1210.